The zero-order chi connectivity index (χ0) is 23.4. The lowest BCUT2D eigenvalue weighted by Gasteiger charge is -2.14. The summed E-state index contributed by atoms with van der Waals surface area (Å²) in [5.74, 6) is 1.10. The van der Waals surface area contributed by atoms with Crippen molar-refractivity contribution >= 4 is 63.5 Å². The third kappa shape index (κ3) is 5.71. The third-order valence-electron chi connectivity index (χ3n) is 4.94. The maximum atomic E-state index is 13.0. The third-order valence-corrected chi connectivity index (χ3v) is 6.84. The van der Waals surface area contributed by atoms with Crippen LogP contribution in [0.2, 0.25) is 10.0 Å². The molecule has 4 rings (SSSR count). The summed E-state index contributed by atoms with van der Waals surface area (Å²) in [5.41, 5.74) is 2.69. The van der Waals surface area contributed by atoms with Crippen molar-refractivity contribution < 1.29 is 14.3 Å². The summed E-state index contributed by atoms with van der Waals surface area (Å²) in [6.45, 7) is 0.688. The minimum Gasteiger partial charge on any atom is -0.496 e. The molecule has 1 saturated heterocycles. The lowest BCUT2D eigenvalue weighted by atomic mass is 10.1. The highest BCUT2D eigenvalue weighted by Gasteiger charge is 2.32. The van der Waals surface area contributed by atoms with E-state index in [0.29, 0.717) is 37.3 Å². The summed E-state index contributed by atoms with van der Waals surface area (Å²) in [6.07, 6.45) is 1.84. The van der Waals surface area contributed by atoms with Gasteiger partial charge in [-0.25, -0.2) is 0 Å². The molecular weight excluding hydrogens is 497 g/mol. The number of hydrogen-bond acceptors (Lipinski definition) is 5. The molecule has 0 aromatic heterocycles. The minimum atomic E-state index is -0.101. The molecule has 1 heterocycles. The molecule has 0 bridgehead atoms. The van der Waals surface area contributed by atoms with E-state index in [1.165, 1.54) is 11.8 Å². The van der Waals surface area contributed by atoms with Gasteiger partial charge in [-0.2, -0.15) is 0 Å². The Morgan fingerprint density at radius 2 is 1.79 bits per heavy atom. The highest BCUT2D eigenvalue weighted by Crippen LogP contribution is 2.35. The van der Waals surface area contributed by atoms with Crippen LogP contribution in [0.15, 0.2) is 71.6 Å². The fourth-order valence-corrected chi connectivity index (χ4v) is 5.02. The lowest BCUT2D eigenvalue weighted by molar-refractivity contribution is -0.122. The summed E-state index contributed by atoms with van der Waals surface area (Å²) in [5, 5.41) is 0.969. The molecule has 3 aromatic rings. The maximum absolute atomic E-state index is 13.0. The Bertz CT molecular complexity index is 1230. The summed E-state index contributed by atoms with van der Waals surface area (Å²) in [6, 6.07) is 20.5. The van der Waals surface area contributed by atoms with Gasteiger partial charge >= 0.3 is 0 Å². The van der Waals surface area contributed by atoms with E-state index >= 15 is 0 Å². The van der Waals surface area contributed by atoms with Gasteiger partial charge in [-0.1, -0.05) is 83.6 Å². The average Bonchev–Trinajstić information content (AvgIpc) is 3.06. The number of rotatable bonds is 7. The van der Waals surface area contributed by atoms with Crippen LogP contribution in [0.1, 0.15) is 16.7 Å². The van der Waals surface area contributed by atoms with Crippen LogP contribution in [0.3, 0.4) is 0 Å². The Morgan fingerprint density at radius 1 is 1.03 bits per heavy atom. The molecule has 0 spiro atoms. The number of thiocarbonyl (C=S) groups is 1. The maximum Gasteiger partial charge on any atom is 0.266 e. The molecule has 0 atom stereocenters. The zero-order valence-corrected chi connectivity index (χ0v) is 20.7. The number of carbonyl (C=O) groups is 1. The van der Waals surface area contributed by atoms with E-state index in [1.54, 1.807) is 30.2 Å². The molecule has 168 valence electrons. The van der Waals surface area contributed by atoms with Crippen LogP contribution in [-0.2, 0) is 17.9 Å². The number of halogens is 2. The van der Waals surface area contributed by atoms with E-state index in [1.807, 2.05) is 54.6 Å². The molecule has 0 aliphatic carbocycles. The van der Waals surface area contributed by atoms with Crippen LogP contribution in [0.5, 0.6) is 11.5 Å². The molecule has 0 N–H and O–H groups in total. The van der Waals surface area contributed by atoms with Crippen LogP contribution in [-0.4, -0.2) is 22.2 Å². The summed E-state index contributed by atoms with van der Waals surface area (Å²) >= 11 is 18.9. The molecule has 33 heavy (non-hydrogen) atoms. The minimum absolute atomic E-state index is 0.101. The van der Waals surface area contributed by atoms with Gasteiger partial charge in [0.25, 0.3) is 5.91 Å². The smallest absolute Gasteiger partial charge is 0.266 e. The first-order valence-corrected chi connectivity index (χ1v) is 12.0. The van der Waals surface area contributed by atoms with Crippen LogP contribution in [0.4, 0.5) is 0 Å². The van der Waals surface area contributed by atoms with Gasteiger partial charge in [0.05, 0.1) is 23.6 Å². The number of amides is 1. The molecule has 1 fully saturated rings. The topological polar surface area (TPSA) is 38.8 Å². The van der Waals surface area contributed by atoms with Gasteiger partial charge in [0.1, 0.15) is 22.4 Å². The van der Waals surface area contributed by atoms with Gasteiger partial charge in [0.2, 0.25) is 0 Å². The SMILES string of the molecule is COc1ccc(/C=C2\SC(=S)N(Cc3ccccc3)C2=O)cc1COc1ccc(Cl)cc1Cl. The van der Waals surface area contributed by atoms with Gasteiger partial charge in [-0.3, -0.25) is 9.69 Å². The van der Waals surface area contributed by atoms with E-state index in [4.69, 9.17) is 44.9 Å². The highest BCUT2D eigenvalue weighted by molar-refractivity contribution is 8.26. The normalized spacial score (nSPS) is 14.8. The molecule has 0 radical (unpaired) electrons. The Kier molecular flexibility index (Phi) is 7.60. The first-order valence-electron chi connectivity index (χ1n) is 9.98. The van der Waals surface area contributed by atoms with E-state index in [9.17, 15) is 4.79 Å². The second-order valence-electron chi connectivity index (χ2n) is 7.19. The zero-order valence-electron chi connectivity index (χ0n) is 17.6. The van der Waals surface area contributed by atoms with E-state index in [0.717, 1.165) is 16.7 Å². The quantitative estimate of drug-likeness (QED) is 0.250. The number of carbonyl (C=O) groups excluding carboxylic acids is 1. The second kappa shape index (κ2) is 10.6. The molecule has 4 nitrogen and oxygen atoms in total. The second-order valence-corrected chi connectivity index (χ2v) is 9.71. The van der Waals surface area contributed by atoms with E-state index < -0.39 is 0 Å². The molecule has 0 unspecified atom stereocenters. The summed E-state index contributed by atoms with van der Waals surface area (Å²) in [4.78, 5) is 15.2. The highest BCUT2D eigenvalue weighted by atomic mass is 35.5. The first-order chi connectivity index (χ1) is 15.9. The van der Waals surface area contributed by atoms with Gasteiger partial charge in [-0.15, -0.1) is 0 Å². The monoisotopic (exact) mass is 515 g/mol. The van der Waals surface area contributed by atoms with Crippen molar-refractivity contribution in [3.8, 4) is 11.5 Å². The Balaban J connectivity index is 1.53. The van der Waals surface area contributed by atoms with Crippen LogP contribution in [0, 0.1) is 0 Å². The largest absolute Gasteiger partial charge is 0.496 e. The molecule has 1 aliphatic heterocycles. The fraction of sp³-hybridized carbons (Fsp3) is 0.120. The molecular formula is C25H19Cl2NO3S2. The van der Waals surface area contributed by atoms with Gasteiger partial charge < -0.3 is 9.47 Å². The van der Waals surface area contributed by atoms with Crippen molar-refractivity contribution in [1.82, 2.24) is 4.90 Å². The van der Waals surface area contributed by atoms with Crippen LogP contribution in [0.25, 0.3) is 6.08 Å². The molecule has 1 amide bonds. The number of thioether (sulfide) groups is 1. The summed E-state index contributed by atoms with van der Waals surface area (Å²) in [7, 11) is 1.60. The number of benzene rings is 3. The fourth-order valence-electron chi connectivity index (χ4n) is 3.30. The predicted molar refractivity (Wildman–Crippen MR) is 139 cm³/mol. The van der Waals surface area contributed by atoms with Crippen molar-refractivity contribution in [2.45, 2.75) is 13.2 Å². The van der Waals surface area contributed by atoms with Crippen LogP contribution < -0.4 is 9.47 Å². The van der Waals surface area contributed by atoms with Crippen molar-refractivity contribution in [3.63, 3.8) is 0 Å². The first kappa shape index (κ1) is 23.6. The summed E-state index contributed by atoms with van der Waals surface area (Å²) < 4.78 is 11.9. The van der Waals surface area contributed by atoms with E-state index in [-0.39, 0.29) is 12.5 Å². The number of ether oxygens (including phenoxy) is 2. The van der Waals surface area contributed by atoms with Gasteiger partial charge in [0, 0.05) is 10.6 Å². The van der Waals surface area contributed by atoms with Crippen LogP contribution >= 0.6 is 47.2 Å². The Morgan fingerprint density at radius 3 is 2.52 bits per heavy atom. The number of methoxy groups -OCH3 is 1. The van der Waals surface area contributed by atoms with Crippen molar-refractivity contribution in [1.29, 1.82) is 0 Å². The lowest BCUT2D eigenvalue weighted by Crippen LogP contribution is -2.27. The average molecular weight is 516 g/mol. The van der Waals surface area contributed by atoms with Crippen molar-refractivity contribution in [2.24, 2.45) is 0 Å². The van der Waals surface area contributed by atoms with Crippen molar-refractivity contribution in [2.75, 3.05) is 7.11 Å². The number of nitrogens with zero attached hydrogens (tertiary/aromatic N) is 1. The Hall–Kier alpha value is -2.51. The van der Waals surface area contributed by atoms with E-state index in [2.05, 4.69) is 0 Å². The molecule has 3 aromatic carbocycles. The molecule has 8 heteroatoms. The standard InChI is InChI=1S/C25H19Cl2NO3S2/c1-30-21-9-7-17(11-18(21)15-31-22-10-8-19(26)13-20(22)27)12-23-24(29)28(25(32)33-23)14-16-5-3-2-4-6-16/h2-13H,14-15H2,1H3/b23-12-. The molecule has 1 aliphatic rings. The molecule has 0 saturated carbocycles. The van der Waals surface area contributed by atoms with Gasteiger partial charge in [0.15, 0.2) is 0 Å². The predicted octanol–water partition coefficient (Wildman–Crippen LogP) is 6.98. The number of hydrogen-bond donors (Lipinski definition) is 0. The van der Waals surface area contributed by atoms with Crippen molar-refractivity contribution in [3.05, 3.63) is 98.4 Å². The Labute approximate surface area is 212 Å². The van der Waals surface area contributed by atoms with Gasteiger partial charge in [-0.05, 0) is 47.5 Å².